The molecule has 0 bridgehead atoms. The van der Waals surface area contributed by atoms with Crippen molar-refractivity contribution in [2.45, 2.75) is 0 Å². The van der Waals surface area contributed by atoms with Gasteiger partial charge in [0.1, 0.15) is 5.75 Å². The molecule has 2 aromatic rings. The van der Waals surface area contributed by atoms with Gasteiger partial charge in [-0.3, -0.25) is 0 Å². The van der Waals surface area contributed by atoms with Crippen molar-refractivity contribution < 1.29 is 9.47 Å². The first-order chi connectivity index (χ1) is 8.15. The molecule has 0 aliphatic rings. The predicted octanol–water partition coefficient (Wildman–Crippen LogP) is 3.31. The highest BCUT2D eigenvalue weighted by Gasteiger charge is 2.10. The van der Waals surface area contributed by atoms with E-state index in [1.165, 1.54) is 0 Å². The van der Waals surface area contributed by atoms with Gasteiger partial charge in [-0.05, 0) is 22.0 Å². The Balaban J connectivity index is 2.50. The summed E-state index contributed by atoms with van der Waals surface area (Å²) in [5, 5.41) is 4.73. The van der Waals surface area contributed by atoms with Gasteiger partial charge >= 0.3 is 0 Å². The second kappa shape index (κ2) is 4.98. The molecule has 0 spiro atoms. The molecule has 1 aromatic heterocycles. The number of aromatic nitrogens is 2. The lowest BCUT2D eigenvalue weighted by molar-refractivity contribution is 0.413. The average molecular weight is 318 g/mol. The molecule has 0 amide bonds. The van der Waals surface area contributed by atoms with Crippen LogP contribution in [-0.4, -0.2) is 24.0 Å². The number of hydrogen-bond acceptors (Lipinski definition) is 3. The summed E-state index contributed by atoms with van der Waals surface area (Å²) in [5.74, 6) is 1.28. The van der Waals surface area contributed by atoms with Crippen molar-refractivity contribution in [3.05, 3.63) is 34.0 Å². The first kappa shape index (κ1) is 12.3. The maximum atomic E-state index is 6.01. The van der Waals surface area contributed by atoms with E-state index in [-0.39, 0.29) is 0 Å². The Hall–Kier alpha value is -1.20. The molecule has 90 valence electrons. The summed E-state index contributed by atoms with van der Waals surface area (Å²) in [6.45, 7) is 0. The zero-order chi connectivity index (χ0) is 12.4. The highest BCUT2D eigenvalue weighted by molar-refractivity contribution is 9.10. The van der Waals surface area contributed by atoms with E-state index in [1.54, 1.807) is 43.4 Å². The van der Waals surface area contributed by atoms with Gasteiger partial charge in [-0.2, -0.15) is 5.10 Å². The minimum Gasteiger partial charge on any atom is -0.495 e. The zero-order valence-electron chi connectivity index (χ0n) is 9.28. The lowest BCUT2D eigenvalue weighted by atomic mass is 10.3. The van der Waals surface area contributed by atoms with Crippen LogP contribution < -0.4 is 9.47 Å². The summed E-state index contributed by atoms with van der Waals surface area (Å²) in [5.41, 5.74) is 0.828. The Kier molecular flexibility index (Phi) is 3.59. The average Bonchev–Trinajstić information content (AvgIpc) is 2.78. The minimum atomic E-state index is 0.544. The van der Waals surface area contributed by atoms with Gasteiger partial charge in [-0.15, -0.1) is 0 Å². The molecule has 0 atom stereocenters. The van der Waals surface area contributed by atoms with Gasteiger partial charge in [0.25, 0.3) is 0 Å². The molecule has 0 aliphatic carbocycles. The SMILES string of the molecule is COc1cnn(-c2cc(OC)c(Cl)cc2Br)c1. The van der Waals surface area contributed by atoms with Crippen molar-refractivity contribution in [3.8, 4) is 17.2 Å². The fraction of sp³-hybridized carbons (Fsp3) is 0.182. The lowest BCUT2D eigenvalue weighted by Gasteiger charge is -2.09. The van der Waals surface area contributed by atoms with E-state index in [0.717, 1.165) is 10.2 Å². The van der Waals surface area contributed by atoms with Gasteiger partial charge in [-0.1, -0.05) is 11.6 Å². The third-order valence-corrected chi connectivity index (χ3v) is 3.19. The van der Waals surface area contributed by atoms with Gasteiger partial charge in [0.05, 0.1) is 37.3 Å². The molecule has 6 heteroatoms. The smallest absolute Gasteiger partial charge is 0.157 e. The van der Waals surface area contributed by atoms with E-state index in [4.69, 9.17) is 21.1 Å². The van der Waals surface area contributed by atoms with Crippen LogP contribution in [0.15, 0.2) is 29.0 Å². The predicted molar refractivity (Wildman–Crippen MR) is 69.4 cm³/mol. The Bertz CT molecular complexity index is 542. The van der Waals surface area contributed by atoms with Gasteiger partial charge in [0.2, 0.25) is 0 Å². The largest absolute Gasteiger partial charge is 0.495 e. The van der Waals surface area contributed by atoms with Crippen LogP contribution in [0.25, 0.3) is 5.69 Å². The highest BCUT2D eigenvalue weighted by atomic mass is 79.9. The standard InChI is InChI=1S/C11H10BrClN2O2/c1-16-7-5-14-15(6-7)10-4-11(17-2)9(13)3-8(10)12/h3-6H,1-2H3. The third kappa shape index (κ3) is 2.40. The van der Waals surface area contributed by atoms with Crippen LogP contribution >= 0.6 is 27.5 Å². The minimum absolute atomic E-state index is 0.544. The summed E-state index contributed by atoms with van der Waals surface area (Å²) in [7, 11) is 3.17. The van der Waals surface area contributed by atoms with Gasteiger partial charge in [0, 0.05) is 10.5 Å². The van der Waals surface area contributed by atoms with Crippen molar-refractivity contribution in [3.63, 3.8) is 0 Å². The van der Waals surface area contributed by atoms with E-state index in [2.05, 4.69) is 21.0 Å². The maximum Gasteiger partial charge on any atom is 0.157 e. The fourth-order valence-electron chi connectivity index (χ4n) is 1.39. The molecular weight excluding hydrogens is 307 g/mol. The normalized spacial score (nSPS) is 10.4. The summed E-state index contributed by atoms with van der Waals surface area (Å²) in [6, 6.07) is 3.57. The molecule has 4 nitrogen and oxygen atoms in total. The first-order valence-electron chi connectivity index (χ1n) is 4.77. The summed E-state index contributed by atoms with van der Waals surface area (Å²) < 4.78 is 12.8. The van der Waals surface area contributed by atoms with Gasteiger partial charge < -0.3 is 9.47 Å². The van der Waals surface area contributed by atoms with Crippen LogP contribution in [-0.2, 0) is 0 Å². The van der Waals surface area contributed by atoms with Crippen molar-refractivity contribution in [2.24, 2.45) is 0 Å². The zero-order valence-corrected chi connectivity index (χ0v) is 11.6. The van der Waals surface area contributed by atoms with Crippen LogP contribution in [0.4, 0.5) is 0 Å². The molecule has 1 aromatic carbocycles. The Morgan fingerprint density at radius 3 is 2.65 bits per heavy atom. The number of rotatable bonds is 3. The number of halogens is 2. The summed E-state index contributed by atoms with van der Waals surface area (Å²) >= 11 is 9.45. The topological polar surface area (TPSA) is 36.3 Å². The third-order valence-electron chi connectivity index (χ3n) is 2.26. The molecule has 1 heterocycles. The van der Waals surface area contributed by atoms with Crippen molar-refractivity contribution >= 4 is 27.5 Å². The summed E-state index contributed by atoms with van der Waals surface area (Å²) in [6.07, 6.45) is 3.40. The molecule has 2 rings (SSSR count). The maximum absolute atomic E-state index is 6.01. The Morgan fingerprint density at radius 1 is 1.29 bits per heavy atom. The van der Waals surface area contributed by atoms with E-state index in [0.29, 0.717) is 16.5 Å². The second-order valence-electron chi connectivity index (χ2n) is 3.26. The molecule has 0 fully saturated rings. The van der Waals surface area contributed by atoms with Crippen LogP contribution in [0.1, 0.15) is 0 Å². The van der Waals surface area contributed by atoms with Crippen LogP contribution in [0.2, 0.25) is 5.02 Å². The van der Waals surface area contributed by atoms with E-state index in [9.17, 15) is 0 Å². The number of hydrogen-bond donors (Lipinski definition) is 0. The molecule has 0 N–H and O–H groups in total. The fourth-order valence-corrected chi connectivity index (χ4v) is 2.29. The van der Waals surface area contributed by atoms with E-state index < -0.39 is 0 Å². The monoisotopic (exact) mass is 316 g/mol. The van der Waals surface area contributed by atoms with Crippen LogP contribution in [0, 0.1) is 0 Å². The van der Waals surface area contributed by atoms with Crippen LogP contribution in [0.5, 0.6) is 11.5 Å². The van der Waals surface area contributed by atoms with E-state index >= 15 is 0 Å². The molecule has 17 heavy (non-hydrogen) atoms. The van der Waals surface area contributed by atoms with Crippen molar-refractivity contribution in [1.29, 1.82) is 0 Å². The molecule has 0 saturated carbocycles. The highest BCUT2D eigenvalue weighted by Crippen LogP contribution is 2.33. The molecule has 0 aliphatic heterocycles. The van der Waals surface area contributed by atoms with E-state index in [1.807, 2.05) is 0 Å². The number of benzene rings is 1. The number of methoxy groups -OCH3 is 2. The van der Waals surface area contributed by atoms with Gasteiger partial charge in [0.15, 0.2) is 5.75 Å². The van der Waals surface area contributed by atoms with Crippen molar-refractivity contribution in [1.82, 2.24) is 9.78 Å². The molecular formula is C11H10BrClN2O2. The number of ether oxygens (including phenoxy) is 2. The number of nitrogens with zero attached hydrogens (tertiary/aromatic N) is 2. The molecule has 0 radical (unpaired) electrons. The Morgan fingerprint density at radius 2 is 2.06 bits per heavy atom. The first-order valence-corrected chi connectivity index (χ1v) is 5.95. The quantitative estimate of drug-likeness (QED) is 0.871. The van der Waals surface area contributed by atoms with Gasteiger partial charge in [-0.25, -0.2) is 4.68 Å². The van der Waals surface area contributed by atoms with Crippen molar-refractivity contribution in [2.75, 3.05) is 14.2 Å². The Labute approximate surface area is 112 Å². The lowest BCUT2D eigenvalue weighted by Crippen LogP contribution is -1.97. The molecule has 0 unspecified atom stereocenters. The summed E-state index contributed by atoms with van der Waals surface area (Å²) in [4.78, 5) is 0. The van der Waals surface area contributed by atoms with Crippen LogP contribution in [0.3, 0.4) is 0 Å². The molecule has 0 saturated heterocycles. The second-order valence-corrected chi connectivity index (χ2v) is 4.52.